The van der Waals surface area contributed by atoms with Crippen molar-refractivity contribution in [3.8, 4) is 6.07 Å². The van der Waals surface area contributed by atoms with Crippen molar-refractivity contribution in [1.82, 2.24) is 4.90 Å². The van der Waals surface area contributed by atoms with Crippen LogP contribution in [0.15, 0.2) is 42.5 Å². The smallest absolute Gasteiger partial charge is 0.321 e. The van der Waals surface area contributed by atoms with Gasteiger partial charge >= 0.3 is 6.03 Å². The molecule has 128 valence electrons. The maximum absolute atomic E-state index is 12.4. The number of amides is 2. The van der Waals surface area contributed by atoms with Crippen LogP contribution in [0.5, 0.6) is 0 Å². The number of carbonyl (C=O) groups is 1. The molecule has 0 unspecified atom stereocenters. The fraction of sp³-hybridized carbons (Fsp3) is 0.222. The summed E-state index contributed by atoms with van der Waals surface area (Å²) in [7, 11) is 0. The van der Waals surface area contributed by atoms with Gasteiger partial charge in [0.2, 0.25) is 0 Å². The molecular weight excluding hydrogens is 359 g/mol. The maximum Gasteiger partial charge on any atom is 0.321 e. The third kappa shape index (κ3) is 3.98. The van der Waals surface area contributed by atoms with E-state index in [9.17, 15) is 4.79 Å². The monoisotopic (exact) mass is 374 g/mol. The van der Waals surface area contributed by atoms with Crippen molar-refractivity contribution in [1.29, 1.82) is 5.26 Å². The summed E-state index contributed by atoms with van der Waals surface area (Å²) in [4.78, 5) is 16.2. The van der Waals surface area contributed by atoms with Crippen molar-refractivity contribution in [3.05, 3.63) is 58.1 Å². The largest absolute Gasteiger partial charge is 0.366 e. The van der Waals surface area contributed by atoms with Crippen molar-refractivity contribution in [2.75, 3.05) is 36.4 Å². The van der Waals surface area contributed by atoms with E-state index in [4.69, 9.17) is 28.5 Å². The lowest BCUT2D eigenvalue weighted by Crippen LogP contribution is -2.50. The number of piperazine rings is 1. The minimum Gasteiger partial charge on any atom is -0.366 e. The number of halogens is 2. The first-order chi connectivity index (χ1) is 12.1. The summed E-state index contributed by atoms with van der Waals surface area (Å²) in [5.41, 5.74) is 2.04. The molecule has 0 atom stereocenters. The Labute approximate surface area is 156 Å². The van der Waals surface area contributed by atoms with Crippen LogP contribution < -0.4 is 10.2 Å². The molecule has 1 heterocycles. The summed E-state index contributed by atoms with van der Waals surface area (Å²) in [5.74, 6) is 0. The first-order valence-corrected chi connectivity index (χ1v) is 8.59. The Hall–Kier alpha value is -2.42. The van der Waals surface area contributed by atoms with Crippen LogP contribution in [0.2, 0.25) is 10.0 Å². The zero-order valence-electron chi connectivity index (χ0n) is 13.4. The van der Waals surface area contributed by atoms with Crippen molar-refractivity contribution in [2.45, 2.75) is 0 Å². The Balaban J connectivity index is 1.60. The van der Waals surface area contributed by atoms with E-state index < -0.39 is 0 Å². The minimum atomic E-state index is -0.158. The molecule has 0 aliphatic carbocycles. The van der Waals surface area contributed by atoms with Crippen molar-refractivity contribution >= 4 is 40.6 Å². The van der Waals surface area contributed by atoms with Crippen LogP contribution in [-0.4, -0.2) is 37.1 Å². The summed E-state index contributed by atoms with van der Waals surface area (Å²) in [6, 6.07) is 14.1. The van der Waals surface area contributed by atoms with Crippen LogP contribution in [-0.2, 0) is 0 Å². The number of para-hydroxylation sites is 1. The summed E-state index contributed by atoms with van der Waals surface area (Å²) in [6.45, 7) is 2.46. The quantitative estimate of drug-likeness (QED) is 0.855. The molecule has 0 spiro atoms. The van der Waals surface area contributed by atoms with E-state index >= 15 is 0 Å². The average Bonchev–Trinajstić information content (AvgIpc) is 2.63. The number of anilines is 2. The van der Waals surface area contributed by atoms with Gasteiger partial charge in [0.05, 0.1) is 27.4 Å². The highest BCUT2D eigenvalue weighted by Crippen LogP contribution is 2.34. The predicted molar refractivity (Wildman–Crippen MR) is 100 cm³/mol. The molecule has 0 aromatic heterocycles. The molecule has 2 aromatic carbocycles. The molecule has 25 heavy (non-hydrogen) atoms. The zero-order valence-corrected chi connectivity index (χ0v) is 14.9. The molecule has 1 saturated heterocycles. The first-order valence-electron chi connectivity index (χ1n) is 7.83. The second-order valence-corrected chi connectivity index (χ2v) is 6.48. The Morgan fingerprint density at radius 2 is 1.60 bits per heavy atom. The Kier molecular flexibility index (Phi) is 5.32. The van der Waals surface area contributed by atoms with E-state index in [2.05, 4.69) is 16.3 Å². The molecular formula is C18H16Cl2N4O. The van der Waals surface area contributed by atoms with Gasteiger partial charge in [0.1, 0.15) is 0 Å². The van der Waals surface area contributed by atoms with Gasteiger partial charge in [0.15, 0.2) is 0 Å². The summed E-state index contributed by atoms with van der Waals surface area (Å²) >= 11 is 12.5. The molecule has 1 aliphatic heterocycles. The molecule has 7 heteroatoms. The highest BCUT2D eigenvalue weighted by Gasteiger charge is 2.23. The molecule has 0 bridgehead atoms. The SMILES string of the molecule is N#Cc1ccc(NC(=O)N2CCN(c3c(Cl)cccc3Cl)CC2)cc1. The molecule has 1 N–H and O–H groups in total. The summed E-state index contributed by atoms with van der Waals surface area (Å²) in [5, 5.41) is 12.9. The molecule has 2 aromatic rings. The topological polar surface area (TPSA) is 59.4 Å². The van der Waals surface area contributed by atoms with E-state index in [0.717, 1.165) is 5.69 Å². The lowest BCUT2D eigenvalue weighted by atomic mass is 10.2. The zero-order chi connectivity index (χ0) is 17.8. The van der Waals surface area contributed by atoms with Crippen LogP contribution in [0, 0.1) is 11.3 Å². The van der Waals surface area contributed by atoms with E-state index in [1.54, 1.807) is 29.2 Å². The average molecular weight is 375 g/mol. The maximum atomic E-state index is 12.4. The first kappa shape index (κ1) is 17.4. The molecule has 1 fully saturated rings. The Bertz CT molecular complexity index is 789. The van der Waals surface area contributed by atoms with E-state index in [-0.39, 0.29) is 6.03 Å². The number of rotatable bonds is 2. The fourth-order valence-electron chi connectivity index (χ4n) is 2.75. The van der Waals surface area contributed by atoms with E-state index in [0.29, 0.717) is 47.5 Å². The lowest BCUT2D eigenvalue weighted by molar-refractivity contribution is 0.208. The van der Waals surface area contributed by atoms with Gasteiger partial charge in [-0.05, 0) is 36.4 Å². The highest BCUT2D eigenvalue weighted by atomic mass is 35.5. The number of nitrogens with one attached hydrogen (secondary N) is 1. The van der Waals surface area contributed by atoms with Gasteiger partial charge in [0.25, 0.3) is 0 Å². The molecule has 5 nitrogen and oxygen atoms in total. The predicted octanol–water partition coefficient (Wildman–Crippen LogP) is 4.22. The number of carbonyl (C=O) groups excluding carboxylic acids is 1. The van der Waals surface area contributed by atoms with Gasteiger partial charge in [-0.2, -0.15) is 5.26 Å². The van der Waals surface area contributed by atoms with Crippen LogP contribution in [0.25, 0.3) is 0 Å². The summed E-state index contributed by atoms with van der Waals surface area (Å²) in [6.07, 6.45) is 0. The molecule has 1 aliphatic rings. The standard InChI is InChI=1S/C18H16Cl2N4O/c19-15-2-1-3-16(20)17(15)23-8-10-24(11-9-23)18(25)22-14-6-4-13(12-21)5-7-14/h1-7H,8-11H2,(H,22,25). The van der Waals surface area contributed by atoms with Crippen LogP contribution >= 0.6 is 23.2 Å². The third-order valence-corrected chi connectivity index (χ3v) is 4.70. The highest BCUT2D eigenvalue weighted by molar-refractivity contribution is 6.39. The molecule has 0 radical (unpaired) electrons. The Morgan fingerprint density at radius 3 is 2.16 bits per heavy atom. The van der Waals surface area contributed by atoms with E-state index in [1.165, 1.54) is 0 Å². The molecule has 0 saturated carbocycles. The minimum absolute atomic E-state index is 0.158. The van der Waals surface area contributed by atoms with E-state index in [1.807, 2.05) is 18.2 Å². The number of hydrogen-bond acceptors (Lipinski definition) is 3. The van der Waals surface area contributed by atoms with Gasteiger partial charge in [-0.15, -0.1) is 0 Å². The third-order valence-electron chi connectivity index (χ3n) is 4.09. The summed E-state index contributed by atoms with van der Waals surface area (Å²) < 4.78 is 0. The number of hydrogen-bond donors (Lipinski definition) is 1. The molecule has 3 rings (SSSR count). The van der Waals surface area contributed by atoms with Crippen molar-refractivity contribution in [3.63, 3.8) is 0 Å². The van der Waals surface area contributed by atoms with Crippen molar-refractivity contribution < 1.29 is 4.79 Å². The van der Waals surface area contributed by atoms with Gasteiger partial charge in [-0.1, -0.05) is 29.3 Å². The van der Waals surface area contributed by atoms with Gasteiger partial charge < -0.3 is 15.1 Å². The van der Waals surface area contributed by atoms with Crippen LogP contribution in [0.1, 0.15) is 5.56 Å². The second kappa shape index (κ2) is 7.64. The normalized spacial score (nSPS) is 14.1. The van der Waals surface area contributed by atoms with Crippen molar-refractivity contribution in [2.24, 2.45) is 0 Å². The number of urea groups is 1. The van der Waals surface area contributed by atoms with Gasteiger partial charge in [-0.25, -0.2) is 4.79 Å². The number of nitriles is 1. The van der Waals surface area contributed by atoms with Crippen LogP contribution in [0.3, 0.4) is 0 Å². The molecule has 2 amide bonds. The lowest BCUT2D eigenvalue weighted by Gasteiger charge is -2.36. The Morgan fingerprint density at radius 1 is 1.00 bits per heavy atom. The second-order valence-electron chi connectivity index (χ2n) is 5.66. The van der Waals surface area contributed by atoms with Gasteiger partial charge in [-0.3, -0.25) is 0 Å². The van der Waals surface area contributed by atoms with Crippen LogP contribution in [0.4, 0.5) is 16.2 Å². The number of benzene rings is 2. The number of nitrogens with zero attached hydrogens (tertiary/aromatic N) is 3. The fourth-order valence-corrected chi connectivity index (χ4v) is 3.39. The van der Waals surface area contributed by atoms with Gasteiger partial charge in [0, 0.05) is 31.9 Å².